The number of hydrogen-bond acceptors (Lipinski definition) is 2. The van der Waals surface area contributed by atoms with Gasteiger partial charge < -0.3 is 10.2 Å². The van der Waals surface area contributed by atoms with Crippen LogP contribution in [0.15, 0.2) is 0 Å². The normalized spacial score (nSPS) is 9.27. The minimum atomic E-state index is -0.663. The van der Waals surface area contributed by atoms with Crippen LogP contribution in [0.4, 0.5) is 0 Å². The van der Waals surface area contributed by atoms with Crippen LogP contribution >= 0.6 is 0 Å². The van der Waals surface area contributed by atoms with Gasteiger partial charge in [-0.1, -0.05) is 45.4 Å². The highest BCUT2D eigenvalue weighted by Crippen LogP contribution is 2.07. The van der Waals surface area contributed by atoms with E-state index >= 15 is 0 Å². The zero-order valence-corrected chi connectivity index (χ0v) is 10.2. The molecule has 3 nitrogen and oxygen atoms in total. The maximum Gasteiger partial charge on any atom is 0.303 e. The number of rotatable bonds is 8. The molecule has 0 saturated carbocycles. The minimum Gasteiger partial charge on any atom is -0.481 e. The molecule has 0 bridgehead atoms. The van der Waals surface area contributed by atoms with E-state index in [9.17, 15) is 4.79 Å². The molecule has 15 heavy (non-hydrogen) atoms. The van der Waals surface area contributed by atoms with Crippen LogP contribution in [0.2, 0.25) is 0 Å². The van der Waals surface area contributed by atoms with Gasteiger partial charge in [0.25, 0.3) is 0 Å². The molecule has 92 valence electrons. The van der Waals surface area contributed by atoms with Gasteiger partial charge in [-0.3, -0.25) is 4.79 Å². The first-order valence-corrected chi connectivity index (χ1v) is 6.01. The van der Waals surface area contributed by atoms with E-state index in [2.05, 4.69) is 6.92 Å². The maximum absolute atomic E-state index is 10.1. The van der Waals surface area contributed by atoms with Crippen molar-refractivity contribution in [2.24, 2.45) is 0 Å². The highest BCUT2D eigenvalue weighted by molar-refractivity contribution is 5.66. The molecule has 0 rings (SSSR count). The average Bonchev–Trinajstić information content (AvgIpc) is 2.17. The average molecular weight is 218 g/mol. The molecular weight excluding hydrogens is 192 g/mol. The first kappa shape index (κ1) is 16.8. The van der Waals surface area contributed by atoms with E-state index in [0.717, 1.165) is 12.8 Å². The number of aliphatic hydroxyl groups is 1. The van der Waals surface area contributed by atoms with E-state index in [-0.39, 0.29) is 6.61 Å². The molecule has 0 aromatic heterocycles. The minimum absolute atomic E-state index is 0.250. The molecule has 0 heterocycles. The Kier molecular flexibility index (Phi) is 17.8. The van der Waals surface area contributed by atoms with Crippen molar-refractivity contribution >= 4 is 5.97 Å². The van der Waals surface area contributed by atoms with Crippen molar-refractivity contribution in [1.82, 2.24) is 0 Å². The Bertz CT molecular complexity index is 124. The van der Waals surface area contributed by atoms with Crippen LogP contribution in [0.25, 0.3) is 0 Å². The molecule has 0 aliphatic rings. The first-order valence-electron chi connectivity index (χ1n) is 6.01. The molecule has 0 radical (unpaired) electrons. The van der Waals surface area contributed by atoms with Gasteiger partial charge in [0.1, 0.15) is 0 Å². The third kappa shape index (κ3) is 24.7. The number of hydrogen-bond donors (Lipinski definition) is 2. The van der Waals surface area contributed by atoms with Crippen LogP contribution in [0.3, 0.4) is 0 Å². The Balaban J connectivity index is 0. The topological polar surface area (TPSA) is 57.5 Å². The lowest BCUT2D eigenvalue weighted by Crippen LogP contribution is -1.93. The van der Waals surface area contributed by atoms with Crippen molar-refractivity contribution in [3.63, 3.8) is 0 Å². The second kappa shape index (κ2) is 15.9. The van der Waals surface area contributed by atoms with Crippen LogP contribution in [0, 0.1) is 0 Å². The van der Waals surface area contributed by atoms with Crippen LogP contribution in [0.5, 0.6) is 0 Å². The molecule has 0 atom stereocenters. The van der Waals surface area contributed by atoms with Gasteiger partial charge in [0.05, 0.1) is 0 Å². The fourth-order valence-electron chi connectivity index (χ4n) is 1.23. The quantitative estimate of drug-likeness (QED) is 0.615. The fourth-order valence-corrected chi connectivity index (χ4v) is 1.23. The molecule has 0 saturated heterocycles. The number of aliphatic hydroxyl groups excluding tert-OH is 1. The number of aliphatic carboxylic acids is 1. The molecular formula is C12H26O3. The summed E-state index contributed by atoms with van der Waals surface area (Å²) < 4.78 is 0. The molecule has 0 fully saturated rings. The summed E-state index contributed by atoms with van der Waals surface area (Å²) in [5, 5.41) is 15.9. The van der Waals surface area contributed by atoms with Gasteiger partial charge in [-0.25, -0.2) is 0 Å². The van der Waals surface area contributed by atoms with E-state index < -0.39 is 5.97 Å². The van der Waals surface area contributed by atoms with Gasteiger partial charge in [-0.05, 0) is 13.3 Å². The Labute approximate surface area is 93.5 Å². The van der Waals surface area contributed by atoms with Gasteiger partial charge >= 0.3 is 5.97 Å². The van der Waals surface area contributed by atoms with Crippen molar-refractivity contribution < 1.29 is 15.0 Å². The fraction of sp³-hybridized carbons (Fsp3) is 0.917. The molecule has 2 N–H and O–H groups in total. The van der Waals surface area contributed by atoms with Gasteiger partial charge in [-0.2, -0.15) is 0 Å². The predicted octanol–water partition coefficient (Wildman–Crippen LogP) is 3.21. The van der Waals surface area contributed by atoms with Gasteiger partial charge in [-0.15, -0.1) is 0 Å². The van der Waals surface area contributed by atoms with Crippen molar-refractivity contribution in [2.45, 2.75) is 65.2 Å². The van der Waals surface area contributed by atoms with Gasteiger partial charge in [0.15, 0.2) is 0 Å². The Morgan fingerprint density at radius 3 is 1.73 bits per heavy atom. The van der Waals surface area contributed by atoms with Crippen LogP contribution in [0.1, 0.15) is 65.2 Å². The molecule has 0 unspecified atom stereocenters. The maximum atomic E-state index is 10.1. The summed E-state index contributed by atoms with van der Waals surface area (Å²) in [6.07, 6.45) is 8.64. The summed E-state index contributed by atoms with van der Waals surface area (Å²) in [4.78, 5) is 10.1. The number of carbonyl (C=O) groups is 1. The molecule has 0 aliphatic carbocycles. The van der Waals surface area contributed by atoms with Crippen LogP contribution in [-0.2, 0) is 4.79 Å². The molecule has 3 heteroatoms. The van der Waals surface area contributed by atoms with E-state index in [4.69, 9.17) is 10.2 Å². The number of carboxylic acids is 1. The van der Waals surface area contributed by atoms with E-state index in [1.165, 1.54) is 32.1 Å². The third-order valence-corrected chi connectivity index (χ3v) is 1.99. The zero-order chi connectivity index (χ0) is 11.9. The number of carboxylic acid groups (broad SMARTS) is 1. The molecule has 0 aromatic carbocycles. The summed E-state index contributed by atoms with van der Waals surface area (Å²) in [7, 11) is 0. The first-order chi connectivity index (χ1) is 7.18. The highest BCUT2D eigenvalue weighted by atomic mass is 16.4. The molecule has 0 aliphatic heterocycles. The summed E-state index contributed by atoms with van der Waals surface area (Å²) >= 11 is 0. The lowest BCUT2D eigenvalue weighted by molar-refractivity contribution is -0.137. The van der Waals surface area contributed by atoms with Crippen molar-refractivity contribution in [1.29, 1.82) is 0 Å². The Morgan fingerprint density at radius 1 is 0.933 bits per heavy atom. The summed E-state index contributed by atoms with van der Waals surface area (Å²) in [5.41, 5.74) is 0. The van der Waals surface area contributed by atoms with Crippen molar-refractivity contribution in [2.75, 3.05) is 6.61 Å². The van der Waals surface area contributed by atoms with E-state index in [0.29, 0.717) is 6.42 Å². The molecule has 0 spiro atoms. The largest absolute Gasteiger partial charge is 0.481 e. The summed E-state index contributed by atoms with van der Waals surface area (Å²) in [5.74, 6) is -0.663. The number of unbranched alkanes of at least 4 members (excludes halogenated alkanes) is 6. The Morgan fingerprint density at radius 2 is 1.33 bits per heavy atom. The lowest BCUT2D eigenvalue weighted by Gasteiger charge is -1.98. The SMILES string of the molecule is CCCCCCCCCC(=O)O.CCO. The van der Waals surface area contributed by atoms with E-state index in [1.54, 1.807) is 6.92 Å². The summed E-state index contributed by atoms with van der Waals surface area (Å²) in [6, 6.07) is 0. The molecule has 0 amide bonds. The standard InChI is InChI=1S/C10H20O2.C2H6O/c1-2-3-4-5-6-7-8-9-10(11)12;1-2-3/h2-9H2,1H3,(H,11,12);3H,2H2,1H3. The Hall–Kier alpha value is -0.570. The smallest absolute Gasteiger partial charge is 0.303 e. The molecule has 0 aromatic rings. The monoisotopic (exact) mass is 218 g/mol. The van der Waals surface area contributed by atoms with Crippen LogP contribution < -0.4 is 0 Å². The second-order valence-corrected chi connectivity index (χ2v) is 3.58. The van der Waals surface area contributed by atoms with E-state index in [1.807, 2.05) is 0 Å². The van der Waals surface area contributed by atoms with Gasteiger partial charge in [0.2, 0.25) is 0 Å². The third-order valence-electron chi connectivity index (χ3n) is 1.99. The van der Waals surface area contributed by atoms with Crippen LogP contribution in [-0.4, -0.2) is 22.8 Å². The summed E-state index contributed by atoms with van der Waals surface area (Å²) in [6.45, 7) is 4.13. The second-order valence-electron chi connectivity index (χ2n) is 3.58. The predicted molar refractivity (Wildman–Crippen MR) is 63.0 cm³/mol. The van der Waals surface area contributed by atoms with Crippen molar-refractivity contribution in [3.05, 3.63) is 0 Å². The van der Waals surface area contributed by atoms with Crippen molar-refractivity contribution in [3.8, 4) is 0 Å². The highest BCUT2D eigenvalue weighted by Gasteiger charge is 1.95. The lowest BCUT2D eigenvalue weighted by atomic mass is 10.1. The van der Waals surface area contributed by atoms with Gasteiger partial charge in [0, 0.05) is 13.0 Å². The zero-order valence-electron chi connectivity index (χ0n) is 10.2.